The summed E-state index contributed by atoms with van der Waals surface area (Å²) in [6.45, 7) is 7.75. The highest BCUT2D eigenvalue weighted by Gasteiger charge is 2.39. The van der Waals surface area contributed by atoms with Gasteiger partial charge in [0.1, 0.15) is 0 Å². The smallest absolute Gasteiger partial charge is 0.00981 e. The fraction of sp³-hybridized carbons (Fsp3) is 1.00. The summed E-state index contributed by atoms with van der Waals surface area (Å²) in [4.78, 5) is 2.79. The molecule has 2 heteroatoms. The van der Waals surface area contributed by atoms with Crippen LogP contribution in [0.5, 0.6) is 0 Å². The van der Waals surface area contributed by atoms with Gasteiger partial charge in [-0.05, 0) is 50.1 Å². The quantitative estimate of drug-likeness (QED) is 0.677. The Bertz CT molecular complexity index is 204. The van der Waals surface area contributed by atoms with Crippen molar-refractivity contribution in [3.05, 3.63) is 0 Å². The third-order valence-electron chi connectivity index (χ3n) is 4.60. The fourth-order valence-corrected chi connectivity index (χ4v) is 3.70. The molecule has 1 saturated carbocycles. The molecule has 3 rings (SSSR count). The van der Waals surface area contributed by atoms with E-state index in [2.05, 4.69) is 17.1 Å². The van der Waals surface area contributed by atoms with E-state index < -0.39 is 0 Å². The summed E-state index contributed by atoms with van der Waals surface area (Å²) >= 11 is 0. The first-order valence-electron chi connectivity index (χ1n) is 6.27. The first kappa shape index (κ1) is 9.17. The van der Waals surface area contributed by atoms with E-state index in [1.54, 1.807) is 0 Å². The maximum atomic E-state index is 3.52. The first-order valence-corrected chi connectivity index (χ1v) is 6.27. The Kier molecular flexibility index (Phi) is 2.29. The van der Waals surface area contributed by atoms with Crippen molar-refractivity contribution in [3.8, 4) is 0 Å². The molecule has 0 bridgehead atoms. The molecule has 2 saturated heterocycles. The summed E-state index contributed by atoms with van der Waals surface area (Å²) in [6, 6.07) is 0.940. The summed E-state index contributed by atoms with van der Waals surface area (Å²) in [5.41, 5.74) is 0. The van der Waals surface area contributed by atoms with Crippen LogP contribution in [0, 0.1) is 17.8 Å². The summed E-state index contributed by atoms with van der Waals surface area (Å²) < 4.78 is 0. The van der Waals surface area contributed by atoms with Crippen LogP contribution in [0.3, 0.4) is 0 Å². The van der Waals surface area contributed by atoms with Crippen molar-refractivity contribution < 1.29 is 0 Å². The van der Waals surface area contributed by atoms with Crippen LogP contribution in [-0.2, 0) is 0 Å². The van der Waals surface area contributed by atoms with Crippen LogP contribution >= 0.6 is 0 Å². The third kappa shape index (κ3) is 1.49. The van der Waals surface area contributed by atoms with Gasteiger partial charge in [-0.1, -0.05) is 6.92 Å². The summed E-state index contributed by atoms with van der Waals surface area (Å²) in [6.07, 6.45) is 4.40. The first-order chi connectivity index (χ1) is 6.83. The van der Waals surface area contributed by atoms with E-state index in [1.165, 1.54) is 45.4 Å². The van der Waals surface area contributed by atoms with Crippen LogP contribution in [0.2, 0.25) is 0 Å². The molecule has 4 atom stereocenters. The number of fused-ring (bicyclic) bond motifs is 1. The third-order valence-corrected chi connectivity index (χ3v) is 4.60. The minimum Gasteiger partial charge on any atom is -0.316 e. The lowest BCUT2D eigenvalue weighted by molar-refractivity contribution is 0.225. The van der Waals surface area contributed by atoms with Crippen molar-refractivity contribution in [1.82, 2.24) is 10.2 Å². The molecule has 2 aliphatic heterocycles. The molecule has 0 amide bonds. The summed E-state index contributed by atoms with van der Waals surface area (Å²) in [5, 5.41) is 3.52. The lowest BCUT2D eigenvalue weighted by Crippen LogP contribution is -2.34. The zero-order valence-electron chi connectivity index (χ0n) is 9.21. The normalized spacial score (nSPS) is 48.6. The predicted molar refractivity (Wildman–Crippen MR) is 58.2 cm³/mol. The predicted octanol–water partition coefficient (Wildman–Crippen LogP) is 1.33. The Labute approximate surface area is 87.0 Å². The molecular weight excluding hydrogens is 172 g/mol. The van der Waals surface area contributed by atoms with Crippen LogP contribution in [-0.4, -0.2) is 37.1 Å². The highest BCUT2D eigenvalue weighted by atomic mass is 15.2. The number of nitrogens with one attached hydrogen (secondary N) is 1. The zero-order chi connectivity index (χ0) is 9.54. The monoisotopic (exact) mass is 194 g/mol. The largest absolute Gasteiger partial charge is 0.316 e. The fourth-order valence-electron chi connectivity index (χ4n) is 3.70. The van der Waals surface area contributed by atoms with Crippen molar-refractivity contribution in [3.63, 3.8) is 0 Å². The second-order valence-electron chi connectivity index (χ2n) is 5.70. The van der Waals surface area contributed by atoms with E-state index in [9.17, 15) is 0 Å². The molecule has 3 fully saturated rings. The minimum absolute atomic E-state index is 0.940. The second kappa shape index (κ2) is 3.49. The maximum Gasteiger partial charge on any atom is 0.00981 e. The number of likely N-dealkylation sites (tertiary alicyclic amines) is 1. The summed E-state index contributed by atoms with van der Waals surface area (Å²) in [5.74, 6) is 2.94. The van der Waals surface area contributed by atoms with Crippen molar-refractivity contribution in [2.45, 2.75) is 32.2 Å². The van der Waals surface area contributed by atoms with Gasteiger partial charge in [-0.25, -0.2) is 0 Å². The minimum atomic E-state index is 0.940. The number of hydrogen-bond donors (Lipinski definition) is 1. The van der Waals surface area contributed by atoms with Gasteiger partial charge in [0.05, 0.1) is 0 Å². The van der Waals surface area contributed by atoms with Crippen LogP contribution < -0.4 is 5.32 Å². The van der Waals surface area contributed by atoms with E-state index in [0.29, 0.717) is 0 Å². The molecule has 0 radical (unpaired) electrons. The molecule has 4 unspecified atom stereocenters. The van der Waals surface area contributed by atoms with Gasteiger partial charge in [-0.2, -0.15) is 0 Å². The Morgan fingerprint density at radius 2 is 1.79 bits per heavy atom. The Hall–Kier alpha value is -0.0800. The topological polar surface area (TPSA) is 15.3 Å². The maximum absolute atomic E-state index is 3.52. The van der Waals surface area contributed by atoms with Gasteiger partial charge < -0.3 is 5.32 Å². The van der Waals surface area contributed by atoms with Crippen LogP contribution in [0.4, 0.5) is 0 Å². The van der Waals surface area contributed by atoms with Crippen molar-refractivity contribution in [2.24, 2.45) is 17.8 Å². The van der Waals surface area contributed by atoms with Gasteiger partial charge in [0.25, 0.3) is 0 Å². The van der Waals surface area contributed by atoms with Crippen LogP contribution in [0.15, 0.2) is 0 Å². The molecule has 0 aromatic carbocycles. The van der Waals surface area contributed by atoms with Crippen molar-refractivity contribution in [2.75, 3.05) is 26.2 Å². The molecule has 14 heavy (non-hydrogen) atoms. The molecule has 1 aliphatic carbocycles. The van der Waals surface area contributed by atoms with Crippen molar-refractivity contribution in [1.29, 1.82) is 0 Å². The van der Waals surface area contributed by atoms with Crippen LogP contribution in [0.25, 0.3) is 0 Å². The Morgan fingerprint density at radius 3 is 2.36 bits per heavy atom. The van der Waals surface area contributed by atoms with E-state index in [0.717, 1.165) is 23.8 Å². The molecular formula is C12H22N2. The van der Waals surface area contributed by atoms with Crippen molar-refractivity contribution >= 4 is 0 Å². The number of rotatable bonds is 1. The number of hydrogen-bond acceptors (Lipinski definition) is 2. The molecule has 0 aromatic heterocycles. The van der Waals surface area contributed by atoms with Gasteiger partial charge >= 0.3 is 0 Å². The lowest BCUT2D eigenvalue weighted by atomic mass is 10.0. The van der Waals surface area contributed by atoms with E-state index in [4.69, 9.17) is 0 Å². The molecule has 0 spiro atoms. The van der Waals surface area contributed by atoms with Gasteiger partial charge in [-0.15, -0.1) is 0 Å². The van der Waals surface area contributed by atoms with Gasteiger partial charge in [0.15, 0.2) is 0 Å². The molecule has 1 N–H and O–H groups in total. The number of nitrogens with zero attached hydrogens (tertiary/aromatic N) is 1. The van der Waals surface area contributed by atoms with E-state index >= 15 is 0 Å². The standard InChI is InChI=1S/C12H22N2/c1-9-2-3-12(4-9)14-7-10-5-13-6-11(10)8-14/h9-13H,2-8H2,1H3. The zero-order valence-corrected chi connectivity index (χ0v) is 9.21. The Morgan fingerprint density at radius 1 is 1.07 bits per heavy atom. The average molecular weight is 194 g/mol. The van der Waals surface area contributed by atoms with Gasteiger partial charge in [-0.3, -0.25) is 4.90 Å². The highest BCUT2D eigenvalue weighted by molar-refractivity contribution is 4.95. The molecule has 80 valence electrons. The molecule has 2 heterocycles. The van der Waals surface area contributed by atoms with E-state index in [1.807, 2.05) is 0 Å². The molecule has 3 aliphatic rings. The van der Waals surface area contributed by atoms with Gasteiger partial charge in [0, 0.05) is 19.1 Å². The highest BCUT2D eigenvalue weighted by Crippen LogP contribution is 2.35. The van der Waals surface area contributed by atoms with Gasteiger partial charge in [0.2, 0.25) is 0 Å². The lowest BCUT2D eigenvalue weighted by Gasteiger charge is -2.24. The average Bonchev–Trinajstić information content (AvgIpc) is 2.75. The molecule has 0 aromatic rings. The van der Waals surface area contributed by atoms with E-state index in [-0.39, 0.29) is 0 Å². The summed E-state index contributed by atoms with van der Waals surface area (Å²) in [7, 11) is 0. The Balaban J connectivity index is 1.60. The molecule has 2 nitrogen and oxygen atoms in total. The second-order valence-corrected chi connectivity index (χ2v) is 5.70. The van der Waals surface area contributed by atoms with Crippen LogP contribution in [0.1, 0.15) is 26.2 Å². The SMILES string of the molecule is CC1CCC(N2CC3CNCC3C2)C1.